The van der Waals surface area contributed by atoms with Gasteiger partial charge in [0.15, 0.2) is 0 Å². The Labute approximate surface area is 111 Å². The number of likely N-dealkylation sites (tertiary alicyclic amines) is 1. The quantitative estimate of drug-likeness (QED) is 0.903. The Hall–Kier alpha value is -1.93. The molecule has 1 aromatic rings. The number of carbonyl (C=O) groups is 1. The minimum Gasteiger partial charge on any atom is -0.481 e. The van der Waals surface area contributed by atoms with Crippen molar-refractivity contribution in [2.45, 2.75) is 13.5 Å². The van der Waals surface area contributed by atoms with Crippen molar-refractivity contribution in [1.29, 1.82) is 5.26 Å². The maximum atomic E-state index is 13.9. The molecule has 0 radical (unpaired) electrons. The van der Waals surface area contributed by atoms with E-state index in [1.54, 1.807) is 12.1 Å². The summed E-state index contributed by atoms with van der Waals surface area (Å²) >= 11 is 0. The summed E-state index contributed by atoms with van der Waals surface area (Å²) < 4.78 is 13.9. The van der Waals surface area contributed by atoms with Crippen LogP contribution in [0.4, 0.5) is 4.39 Å². The first-order valence-electron chi connectivity index (χ1n) is 6.15. The Morgan fingerprint density at radius 2 is 2.32 bits per heavy atom. The lowest BCUT2D eigenvalue weighted by Gasteiger charge is -2.16. The largest absolute Gasteiger partial charge is 0.481 e. The lowest BCUT2D eigenvalue weighted by Crippen LogP contribution is -2.23. The highest BCUT2D eigenvalue weighted by molar-refractivity contribution is 5.71. The van der Waals surface area contributed by atoms with E-state index >= 15 is 0 Å². The van der Waals surface area contributed by atoms with Gasteiger partial charge in [0, 0.05) is 25.2 Å². The maximum absolute atomic E-state index is 13.9. The zero-order valence-electron chi connectivity index (χ0n) is 10.6. The molecule has 1 aliphatic heterocycles. The van der Waals surface area contributed by atoms with Crippen LogP contribution in [0.2, 0.25) is 0 Å². The first-order valence-corrected chi connectivity index (χ1v) is 6.15. The second kappa shape index (κ2) is 5.37. The molecule has 1 heterocycles. The number of hydrogen-bond acceptors (Lipinski definition) is 3. The van der Waals surface area contributed by atoms with Crippen molar-refractivity contribution in [3.63, 3.8) is 0 Å². The fourth-order valence-corrected chi connectivity index (χ4v) is 2.55. The Morgan fingerprint density at radius 1 is 1.58 bits per heavy atom. The summed E-state index contributed by atoms with van der Waals surface area (Å²) in [5.41, 5.74) is 0.469. The third kappa shape index (κ3) is 2.74. The van der Waals surface area contributed by atoms with Crippen molar-refractivity contribution in [3.8, 4) is 6.07 Å². The minimum atomic E-state index is -0.804. The van der Waals surface area contributed by atoms with Crippen molar-refractivity contribution in [2.24, 2.45) is 11.8 Å². The van der Waals surface area contributed by atoms with Gasteiger partial charge in [0.2, 0.25) is 0 Å². The zero-order chi connectivity index (χ0) is 14.0. The molecule has 0 spiro atoms. The number of nitrogens with zero attached hydrogens (tertiary/aromatic N) is 2. The van der Waals surface area contributed by atoms with Crippen LogP contribution < -0.4 is 0 Å². The van der Waals surface area contributed by atoms with Crippen LogP contribution in [-0.4, -0.2) is 29.1 Å². The van der Waals surface area contributed by atoms with Crippen molar-refractivity contribution >= 4 is 5.97 Å². The molecule has 19 heavy (non-hydrogen) atoms. The van der Waals surface area contributed by atoms with Gasteiger partial charge in [-0.1, -0.05) is 19.1 Å². The molecule has 0 amide bonds. The van der Waals surface area contributed by atoms with E-state index in [2.05, 4.69) is 0 Å². The molecule has 4 nitrogen and oxygen atoms in total. The lowest BCUT2D eigenvalue weighted by molar-refractivity contribution is -0.142. The molecule has 1 saturated heterocycles. The van der Waals surface area contributed by atoms with Crippen molar-refractivity contribution in [1.82, 2.24) is 4.90 Å². The molecule has 1 fully saturated rings. The lowest BCUT2D eigenvalue weighted by atomic mass is 9.99. The Bertz CT molecular complexity index is 539. The molecule has 2 unspecified atom stereocenters. The molecule has 100 valence electrons. The topological polar surface area (TPSA) is 64.3 Å². The highest BCUT2D eigenvalue weighted by atomic mass is 19.1. The van der Waals surface area contributed by atoms with E-state index in [9.17, 15) is 9.18 Å². The van der Waals surface area contributed by atoms with Crippen LogP contribution in [0.3, 0.4) is 0 Å². The van der Waals surface area contributed by atoms with E-state index in [0.717, 1.165) is 0 Å². The van der Waals surface area contributed by atoms with Gasteiger partial charge in [-0.2, -0.15) is 5.26 Å². The SMILES string of the molecule is CC1CN(Cc2cccc(C#N)c2F)CC1C(=O)O. The molecule has 2 rings (SSSR count). The molecule has 0 saturated carbocycles. The van der Waals surface area contributed by atoms with E-state index in [-0.39, 0.29) is 11.5 Å². The summed E-state index contributed by atoms with van der Waals surface area (Å²) in [6.45, 7) is 3.29. The molecule has 1 aromatic carbocycles. The Balaban J connectivity index is 2.12. The summed E-state index contributed by atoms with van der Waals surface area (Å²) in [6.07, 6.45) is 0. The molecule has 1 aliphatic rings. The Kier molecular flexibility index (Phi) is 3.82. The van der Waals surface area contributed by atoms with Crippen LogP contribution in [-0.2, 0) is 11.3 Å². The van der Waals surface area contributed by atoms with Crippen LogP contribution in [0, 0.1) is 29.0 Å². The predicted octanol–water partition coefficient (Wildman–Crippen LogP) is 1.85. The minimum absolute atomic E-state index is 0.0273. The van der Waals surface area contributed by atoms with Crippen molar-refractivity contribution in [2.75, 3.05) is 13.1 Å². The first-order chi connectivity index (χ1) is 9.02. The normalized spacial score (nSPS) is 23.2. The third-order valence-corrected chi connectivity index (χ3v) is 3.60. The summed E-state index contributed by atoms with van der Waals surface area (Å²) in [6, 6.07) is 6.52. The van der Waals surface area contributed by atoms with Gasteiger partial charge in [-0.25, -0.2) is 4.39 Å². The van der Waals surface area contributed by atoms with Crippen molar-refractivity contribution in [3.05, 3.63) is 35.1 Å². The van der Waals surface area contributed by atoms with Gasteiger partial charge >= 0.3 is 5.97 Å². The van der Waals surface area contributed by atoms with Gasteiger partial charge in [-0.05, 0) is 12.0 Å². The zero-order valence-corrected chi connectivity index (χ0v) is 10.6. The predicted molar refractivity (Wildman–Crippen MR) is 66.7 cm³/mol. The molecule has 2 atom stereocenters. The highest BCUT2D eigenvalue weighted by Crippen LogP contribution is 2.25. The van der Waals surface area contributed by atoms with Crippen LogP contribution in [0.5, 0.6) is 0 Å². The van der Waals surface area contributed by atoms with Gasteiger partial charge in [-0.3, -0.25) is 9.69 Å². The molecular formula is C14H15FN2O2. The van der Waals surface area contributed by atoms with Crippen LogP contribution in [0.15, 0.2) is 18.2 Å². The molecule has 1 N–H and O–H groups in total. The first kappa shape index (κ1) is 13.5. The van der Waals surface area contributed by atoms with Crippen LogP contribution in [0.25, 0.3) is 0 Å². The van der Waals surface area contributed by atoms with Gasteiger partial charge in [0.05, 0.1) is 11.5 Å². The maximum Gasteiger partial charge on any atom is 0.308 e. The van der Waals surface area contributed by atoms with E-state index in [1.165, 1.54) is 6.07 Å². The van der Waals surface area contributed by atoms with Gasteiger partial charge in [0.1, 0.15) is 11.9 Å². The van der Waals surface area contributed by atoms with Gasteiger partial charge in [-0.15, -0.1) is 0 Å². The summed E-state index contributed by atoms with van der Waals surface area (Å²) in [5, 5.41) is 17.8. The number of carboxylic acid groups (broad SMARTS) is 1. The van der Waals surface area contributed by atoms with Crippen LogP contribution in [0.1, 0.15) is 18.1 Å². The molecular weight excluding hydrogens is 247 g/mol. The molecule has 0 aliphatic carbocycles. The number of rotatable bonds is 3. The molecule has 0 aromatic heterocycles. The number of halogens is 1. The number of nitriles is 1. The molecule has 0 bridgehead atoms. The van der Waals surface area contributed by atoms with Gasteiger partial charge < -0.3 is 5.11 Å². The average molecular weight is 262 g/mol. The number of benzene rings is 1. The van der Waals surface area contributed by atoms with Gasteiger partial charge in [0.25, 0.3) is 0 Å². The monoisotopic (exact) mass is 262 g/mol. The second-order valence-electron chi connectivity index (χ2n) is 5.01. The third-order valence-electron chi connectivity index (χ3n) is 3.60. The summed E-state index contributed by atoms with van der Waals surface area (Å²) in [5.74, 6) is -1.65. The standard InChI is InChI=1S/C14H15FN2O2/c1-9-6-17(8-12(9)14(18)19)7-11-4-2-3-10(5-16)13(11)15/h2-4,9,12H,6-8H2,1H3,(H,18,19). The second-order valence-corrected chi connectivity index (χ2v) is 5.01. The van der Waals surface area contributed by atoms with E-state index in [0.29, 0.717) is 25.2 Å². The van der Waals surface area contributed by atoms with Crippen molar-refractivity contribution < 1.29 is 14.3 Å². The fourth-order valence-electron chi connectivity index (χ4n) is 2.55. The number of aliphatic carboxylic acids is 1. The number of carboxylic acids is 1. The molecule has 5 heteroatoms. The average Bonchev–Trinajstić information content (AvgIpc) is 2.73. The fraction of sp³-hybridized carbons (Fsp3) is 0.429. The van der Waals surface area contributed by atoms with E-state index < -0.39 is 17.7 Å². The Morgan fingerprint density at radius 3 is 2.89 bits per heavy atom. The van der Waals surface area contributed by atoms with E-state index in [1.807, 2.05) is 17.9 Å². The smallest absolute Gasteiger partial charge is 0.308 e. The highest BCUT2D eigenvalue weighted by Gasteiger charge is 2.34. The number of hydrogen-bond donors (Lipinski definition) is 1. The summed E-state index contributed by atoms with van der Waals surface area (Å²) in [4.78, 5) is 13.0. The van der Waals surface area contributed by atoms with E-state index in [4.69, 9.17) is 10.4 Å². The van der Waals surface area contributed by atoms with Crippen LogP contribution >= 0.6 is 0 Å². The summed E-state index contributed by atoms with van der Waals surface area (Å²) in [7, 11) is 0.